The molecule has 0 saturated carbocycles. The van der Waals surface area contributed by atoms with Crippen LogP contribution in [0, 0.1) is 11.8 Å². The van der Waals surface area contributed by atoms with Crippen molar-refractivity contribution in [3.63, 3.8) is 0 Å². The van der Waals surface area contributed by atoms with E-state index in [0.29, 0.717) is 0 Å². The quantitative estimate of drug-likeness (QED) is 0.540. The van der Waals surface area contributed by atoms with E-state index in [1.165, 1.54) is 0 Å². The molecule has 0 spiro atoms. The number of hydrogen-bond acceptors (Lipinski definition) is 1. The van der Waals surface area contributed by atoms with Gasteiger partial charge in [-0.1, -0.05) is 56.9 Å². The standard InChI is InChI=1S/C17H25N/c1-5-8-11-16(9-6-2)12-13-17(10-7-3)14-15-18-4/h8-11,14-15,18H,5-7H2,1-4H3/b11-8-,15-14-,16-9+,17-10-. The third kappa shape index (κ3) is 8.47. The molecule has 0 saturated heterocycles. The van der Waals surface area contributed by atoms with Crippen LogP contribution < -0.4 is 5.32 Å². The molecule has 0 heterocycles. The molecule has 0 unspecified atom stereocenters. The predicted molar refractivity (Wildman–Crippen MR) is 82.2 cm³/mol. The van der Waals surface area contributed by atoms with Crippen LogP contribution in [0.15, 0.2) is 47.7 Å². The lowest BCUT2D eigenvalue weighted by Gasteiger charge is -1.92. The first-order valence-corrected chi connectivity index (χ1v) is 6.71. The molecular weight excluding hydrogens is 218 g/mol. The maximum atomic E-state index is 3.23. The molecule has 1 nitrogen and oxygen atoms in total. The zero-order valence-electron chi connectivity index (χ0n) is 12.1. The van der Waals surface area contributed by atoms with Crippen molar-refractivity contribution in [2.75, 3.05) is 7.05 Å². The molecule has 0 aromatic carbocycles. The fourth-order valence-electron chi connectivity index (χ4n) is 1.32. The van der Waals surface area contributed by atoms with Crippen LogP contribution in [0.5, 0.6) is 0 Å². The van der Waals surface area contributed by atoms with Crippen molar-refractivity contribution >= 4 is 0 Å². The second kappa shape index (κ2) is 11.8. The van der Waals surface area contributed by atoms with Gasteiger partial charge in [-0.05, 0) is 31.5 Å². The van der Waals surface area contributed by atoms with Gasteiger partial charge in [0, 0.05) is 18.2 Å². The molecule has 0 radical (unpaired) electrons. The molecule has 0 aromatic rings. The van der Waals surface area contributed by atoms with Gasteiger partial charge in [0.05, 0.1) is 0 Å². The van der Waals surface area contributed by atoms with Crippen molar-refractivity contribution in [2.24, 2.45) is 0 Å². The van der Waals surface area contributed by atoms with Crippen LogP contribution in [0.25, 0.3) is 0 Å². The molecular formula is C17H25N. The van der Waals surface area contributed by atoms with Crippen molar-refractivity contribution in [2.45, 2.75) is 40.0 Å². The van der Waals surface area contributed by atoms with Gasteiger partial charge in [-0.25, -0.2) is 0 Å². The molecule has 98 valence electrons. The molecule has 0 atom stereocenters. The summed E-state index contributed by atoms with van der Waals surface area (Å²) < 4.78 is 0. The molecule has 0 rings (SSSR count). The summed E-state index contributed by atoms with van der Waals surface area (Å²) >= 11 is 0. The number of hydrogen-bond donors (Lipinski definition) is 1. The minimum absolute atomic E-state index is 0.996. The summed E-state index contributed by atoms with van der Waals surface area (Å²) in [5.41, 5.74) is 2.15. The van der Waals surface area contributed by atoms with Gasteiger partial charge >= 0.3 is 0 Å². The van der Waals surface area contributed by atoms with Gasteiger partial charge in [-0.2, -0.15) is 0 Å². The highest BCUT2D eigenvalue weighted by molar-refractivity contribution is 5.46. The second-order valence-corrected chi connectivity index (χ2v) is 3.82. The lowest BCUT2D eigenvalue weighted by atomic mass is 10.1. The Morgan fingerprint density at radius 3 is 1.89 bits per heavy atom. The third-order valence-corrected chi connectivity index (χ3v) is 2.16. The molecule has 0 aliphatic heterocycles. The van der Waals surface area contributed by atoms with E-state index in [1.807, 2.05) is 19.3 Å². The Labute approximate surface area is 112 Å². The molecule has 0 bridgehead atoms. The Balaban J connectivity index is 4.94. The van der Waals surface area contributed by atoms with Crippen LogP contribution in [0.2, 0.25) is 0 Å². The van der Waals surface area contributed by atoms with Gasteiger partial charge in [0.25, 0.3) is 0 Å². The van der Waals surface area contributed by atoms with E-state index < -0.39 is 0 Å². The summed E-state index contributed by atoms with van der Waals surface area (Å²) in [7, 11) is 1.89. The molecule has 0 amide bonds. The summed E-state index contributed by atoms with van der Waals surface area (Å²) in [5.74, 6) is 6.44. The normalized spacial score (nSPS) is 12.9. The summed E-state index contributed by atoms with van der Waals surface area (Å²) in [4.78, 5) is 0. The molecule has 0 aliphatic carbocycles. The predicted octanol–water partition coefficient (Wildman–Crippen LogP) is 4.36. The third-order valence-electron chi connectivity index (χ3n) is 2.16. The highest BCUT2D eigenvalue weighted by Gasteiger charge is 1.87. The lowest BCUT2D eigenvalue weighted by molar-refractivity contribution is 1.10. The van der Waals surface area contributed by atoms with E-state index in [4.69, 9.17) is 0 Å². The smallest absolute Gasteiger partial charge is 0.0223 e. The summed E-state index contributed by atoms with van der Waals surface area (Å²) in [6, 6.07) is 0. The van der Waals surface area contributed by atoms with E-state index >= 15 is 0 Å². The maximum absolute atomic E-state index is 3.23. The Morgan fingerprint density at radius 1 is 0.889 bits per heavy atom. The first-order valence-electron chi connectivity index (χ1n) is 6.71. The minimum Gasteiger partial charge on any atom is -0.394 e. The van der Waals surface area contributed by atoms with Gasteiger partial charge in [0.15, 0.2) is 0 Å². The second-order valence-electron chi connectivity index (χ2n) is 3.82. The molecule has 0 aliphatic rings. The summed E-state index contributed by atoms with van der Waals surface area (Å²) in [5, 5.41) is 2.99. The van der Waals surface area contributed by atoms with Crippen molar-refractivity contribution in [3.8, 4) is 11.8 Å². The molecule has 18 heavy (non-hydrogen) atoms. The van der Waals surface area contributed by atoms with Crippen LogP contribution in [0.3, 0.4) is 0 Å². The van der Waals surface area contributed by atoms with Crippen LogP contribution in [-0.4, -0.2) is 7.05 Å². The molecule has 0 fully saturated rings. The zero-order chi connectivity index (χ0) is 13.6. The Morgan fingerprint density at radius 2 is 1.44 bits per heavy atom. The van der Waals surface area contributed by atoms with Gasteiger partial charge in [-0.3, -0.25) is 0 Å². The van der Waals surface area contributed by atoms with Gasteiger partial charge < -0.3 is 5.32 Å². The van der Waals surface area contributed by atoms with Crippen molar-refractivity contribution in [1.29, 1.82) is 0 Å². The number of allylic oxidation sites excluding steroid dienone is 7. The van der Waals surface area contributed by atoms with E-state index in [-0.39, 0.29) is 0 Å². The topological polar surface area (TPSA) is 12.0 Å². The van der Waals surface area contributed by atoms with Gasteiger partial charge in [0.1, 0.15) is 0 Å². The lowest BCUT2D eigenvalue weighted by Crippen LogP contribution is -1.91. The highest BCUT2D eigenvalue weighted by Crippen LogP contribution is 2.02. The van der Waals surface area contributed by atoms with Crippen LogP contribution in [0.4, 0.5) is 0 Å². The number of nitrogens with one attached hydrogen (secondary N) is 1. The largest absolute Gasteiger partial charge is 0.394 e. The van der Waals surface area contributed by atoms with Crippen LogP contribution in [-0.2, 0) is 0 Å². The monoisotopic (exact) mass is 243 g/mol. The van der Waals surface area contributed by atoms with Crippen LogP contribution >= 0.6 is 0 Å². The fourth-order valence-corrected chi connectivity index (χ4v) is 1.32. The van der Waals surface area contributed by atoms with Crippen molar-refractivity contribution in [3.05, 3.63) is 47.7 Å². The molecule has 1 heteroatoms. The average Bonchev–Trinajstić information content (AvgIpc) is 2.38. The van der Waals surface area contributed by atoms with Gasteiger partial charge in [-0.15, -0.1) is 0 Å². The summed E-state index contributed by atoms with van der Waals surface area (Å²) in [6.07, 6.45) is 15.5. The van der Waals surface area contributed by atoms with E-state index in [2.05, 4.69) is 62.2 Å². The van der Waals surface area contributed by atoms with Crippen LogP contribution in [0.1, 0.15) is 40.0 Å². The van der Waals surface area contributed by atoms with E-state index in [9.17, 15) is 0 Å². The molecule has 1 N–H and O–H groups in total. The summed E-state index contributed by atoms with van der Waals surface area (Å²) in [6.45, 7) is 6.38. The maximum Gasteiger partial charge on any atom is 0.0223 e. The zero-order valence-corrected chi connectivity index (χ0v) is 12.1. The fraction of sp³-hybridized carbons (Fsp3) is 0.412. The van der Waals surface area contributed by atoms with E-state index in [0.717, 1.165) is 30.4 Å². The van der Waals surface area contributed by atoms with E-state index in [1.54, 1.807) is 0 Å². The molecule has 0 aromatic heterocycles. The highest BCUT2D eigenvalue weighted by atomic mass is 14.8. The SMILES string of the molecule is CC/C=C\C(C#CC(/C=C\NC)=C/CC)=C/CC. The Hall–Kier alpha value is -1.68. The van der Waals surface area contributed by atoms with Gasteiger partial charge in [0.2, 0.25) is 0 Å². The Bertz CT molecular complexity index is 348. The average molecular weight is 243 g/mol. The van der Waals surface area contributed by atoms with Crippen molar-refractivity contribution < 1.29 is 0 Å². The Kier molecular flexibility index (Phi) is 10.7. The first kappa shape index (κ1) is 16.3. The number of rotatable bonds is 6. The minimum atomic E-state index is 0.996. The van der Waals surface area contributed by atoms with Crippen molar-refractivity contribution in [1.82, 2.24) is 5.32 Å². The first-order chi connectivity index (χ1) is 8.78.